The van der Waals surface area contributed by atoms with Crippen molar-refractivity contribution in [1.82, 2.24) is 10.6 Å². The molecule has 0 aliphatic heterocycles. The minimum absolute atomic E-state index is 0.136. The quantitative estimate of drug-likeness (QED) is 0.776. The predicted molar refractivity (Wildman–Crippen MR) is 62.3 cm³/mol. The highest BCUT2D eigenvalue weighted by Gasteiger charge is 2.12. The average molecular weight is 245 g/mol. The van der Waals surface area contributed by atoms with Gasteiger partial charge in [0.05, 0.1) is 10.6 Å². The van der Waals surface area contributed by atoms with Crippen molar-refractivity contribution >= 4 is 17.5 Å². The molecule has 0 saturated carbocycles. The van der Waals surface area contributed by atoms with Crippen molar-refractivity contribution in [3.63, 3.8) is 0 Å². The molecule has 0 fully saturated rings. The summed E-state index contributed by atoms with van der Waals surface area (Å²) in [7, 11) is 0. The van der Waals surface area contributed by atoms with Crippen LogP contribution in [0.2, 0.25) is 5.02 Å². The highest BCUT2D eigenvalue weighted by atomic mass is 35.5. The van der Waals surface area contributed by atoms with E-state index in [1.165, 1.54) is 18.2 Å². The average Bonchev–Trinajstić information content (AvgIpc) is 2.28. The van der Waals surface area contributed by atoms with E-state index in [1.54, 1.807) is 0 Å². The van der Waals surface area contributed by atoms with E-state index in [9.17, 15) is 9.18 Å². The smallest absolute Gasteiger partial charge is 0.252 e. The van der Waals surface area contributed by atoms with Crippen LogP contribution in [0.15, 0.2) is 18.2 Å². The molecule has 2 N–H and O–H groups in total. The highest BCUT2D eigenvalue weighted by molar-refractivity contribution is 6.34. The molecule has 0 aliphatic rings. The van der Waals surface area contributed by atoms with Gasteiger partial charge in [-0.05, 0) is 18.7 Å². The number of carbonyl (C=O) groups excluding carboxylic acids is 1. The van der Waals surface area contributed by atoms with Crippen molar-refractivity contribution in [2.24, 2.45) is 0 Å². The molecule has 0 unspecified atom stereocenters. The summed E-state index contributed by atoms with van der Waals surface area (Å²) in [5.74, 6) is -0.941. The number of carbonyl (C=O) groups is 1. The SMILES string of the molecule is CCNCCNC(=O)c1cccc(F)c1Cl. The van der Waals surface area contributed by atoms with Crippen LogP contribution >= 0.6 is 11.6 Å². The monoisotopic (exact) mass is 244 g/mol. The topological polar surface area (TPSA) is 41.1 Å². The van der Waals surface area contributed by atoms with Crippen molar-refractivity contribution in [1.29, 1.82) is 0 Å². The van der Waals surface area contributed by atoms with E-state index in [0.29, 0.717) is 13.1 Å². The summed E-state index contributed by atoms with van der Waals surface area (Å²) in [5.41, 5.74) is 0.165. The molecule has 16 heavy (non-hydrogen) atoms. The third-order valence-electron chi connectivity index (χ3n) is 2.03. The summed E-state index contributed by atoms with van der Waals surface area (Å²) in [6.07, 6.45) is 0. The van der Waals surface area contributed by atoms with E-state index in [-0.39, 0.29) is 16.5 Å². The number of rotatable bonds is 5. The summed E-state index contributed by atoms with van der Waals surface area (Å²) in [4.78, 5) is 11.6. The fourth-order valence-corrected chi connectivity index (χ4v) is 1.43. The van der Waals surface area contributed by atoms with Gasteiger partial charge in [-0.15, -0.1) is 0 Å². The van der Waals surface area contributed by atoms with Gasteiger partial charge in [-0.3, -0.25) is 4.79 Å². The van der Waals surface area contributed by atoms with E-state index in [4.69, 9.17) is 11.6 Å². The van der Waals surface area contributed by atoms with E-state index < -0.39 is 5.82 Å². The Kier molecular flexibility index (Phi) is 5.22. The van der Waals surface area contributed by atoms with Gasteiger partial charge in [-0.25, -0.2) is 4.39 Å². The van der Waals surface area contributed by atoms with Crippen molar-refractivity contribution in [3.05, 3.63) is 34.6 Å². The van der Waals surface area contributed by atoms with Crippen LogP contribution in [0.25, 0.3) is 0 Å². The van der Waals surface area contributed by atoms with Gasteiger partial charge in [0, 0.05) is 13.1 Å². The third kappa shape index (κ3) is 3.47. The van der Waals surface area contributed by atoms with Crippen molar-refractivity contribution < 1.29 is 9.18 Å². The molecule has 3 nitrogen and oxygen atoms in total. The zero-order valence-corrected chi connectivity index (χ0v) is 9.77. The van der Waals surface area contributed by atoms with Crippen LogP contribution in [0.1, 0.15) is 17.3 Å². The van der Waals surface area contributed by atoms with Crippen LogP contribution < -0.4 is 10.6 Å². The molecule has 0 heterocycles. The predicted octanol–water partition coefficient (Wildman–Crippen LogP) is 1.82. The molecule has 0 spiro atoms. The van der Waals surface area contributed by atoms with Crippen LogP contribution in [-0.4, -0.2) is 25.5 Å². The van der Waals surface area contributed by atoms with E-state index in [2.05, 4.69) is 10.6 Å². The molecule has 0 aromatic heterocycles. The van der Waals surface area contributed by atoms with Gasteiger partial charge in [-0.2, -0.15) is 0 Å². The van der Waals surface area contributed by atoms with Gasteiger partial charge in [0.25, 0.3) is 5.91 Å². The molecular weight excluding hydrogens is 231 g/mol. The minimum Gasteiger partial charge on any atom is -0.351 e. The first-order valence-corrected chi connectivity index (χ1v) is 5.47. The van der Waals surface area contributed by atoms with Crippen LogP contribution in [0.4, 0.5) is 4.39 Å². The number of likely N-dealkylation sites (N-methyl/N-ethyl adjacent to an activating group) is 1. The summed E-state index contributed by atoms with van der Waals surface area (Å²) in [6.45, 7) is 3.98. The zero-order chi connectivity index (χ0) is 12.0. The summed E-state index contributed by atoms with van der Waals surface area (Å²) >= 11 is 5.68. The van der Waals surface area contributed by atoms with E-state index in [0.717, 1.165) is 6.54 Å². The standard InChI is InChI=1S/C11H14ClFN2O/c1-2-14-6-7-15-11(16)8-4-3-5-9(13)10(8)12/h3-5,14H,2,6-7H2,1H3,(H,15,16). The van der Waals surface area contributed by atoms with Gasteiger partial charge in [-0.1, -0.05) is 24.6 Å². The minimum atomic E-state index is -0.582. The molecule has 0 atom stereocenters. The number of nitrogens with one attached hydrogen (secondary N) is 2. The Hall–Kier alpha value is -1.13. The van der Waals surface area contributed by atoms with Crippen LogP contribution in [0, 0.1) is 5.82 Å². The Bertz CT molecular complexity index is 371. The fraction of sp³-hybridized carbons (Fsp3) is 0.364. The first-order valence-electron chi connectivity index (χ1n) is 5.09. The Morgan fingerprint density at radius 3 is 2.88 bits per heavy atom. The molecule has 1 aromatic carbocycles. The molecule has 0 bridgehead atoms. The number of benzene rings is 1. The second-order valence-electron chi connectivity index (χ2n) is 3.21. The van der Waals surface area contributed by atoms with E-state index >= 15 is 0 Å². The van der Waals surface area contributed by atoms with Gasteiger partial charge in [0.1, 0.15) is 5.82 Å². The second kappa shape index (κ2) is 6.45. The lowest BCUT2D eigenvalue weighted by Crippen LogP contribution is -2.31. The lowest BCUT2D eigenvalue weighted by atomic mass is 10.2. The fourth-order valence-electron chi connectivity index (χ4n) is 1.22. The largest absolute Gasteiger partial charge is 0.351 e. The Morgan fingerprint density at radius 1 is 1.44 bits per heavy atom. The van der Waals surface area contributed by atoms with Gasteiger partial charge < -0.3 is 10.6 Å². The van der Waals surface area contributed by atoms with Crippen molar-refractivity contribution in [2.75, 3.05) is 19.6 Å². The number of hydrogen-bond donors (Lipinski definition) is 2. The normalized spacial score (nSPS) is 10.2. The molecule has 0 aliphatic carbocycles. The zero-order valence-electron chi connectivity index (χ0n) is 9.02. The van der Waals surface area contributed by atoms with Crippen molar-refractivity contribution in [3.8, 4) is 0 Å². The molecule has 1 aromatic rings. The van der Waals surface area contributed by atoms with Crippen molar-refractivity contribution in [2.45, 2.75) is 6.92 Å². The lowest BCUT2D eigenvalue weighted by Gasteiger charge is -2.07. The number of amides is 1. The third-order valence-corrected chi connectivity index (χ3v) is 2.42. The molecule has 0 saturated heterocycles. The molecule has 1 amide bonds. The molecule has 1 rings (SSSR count). The Labute approximate surface area is 99.0 Å². The summed E-state index contributed by atoms with van der Waals surface area (Å²) < 4.78 is 13.1. The van der Waals surface area contributed by atoms with Gasteiger partial charge in [0.2, 0.25) is 0 Å². The maximum Gasteiger partial charge on any atom is 0.252 e. The highest BCUT2D eigenvalue weighted by Crippen LogP contribution is 2.19. The molecular formula is C11H14ClFN2O. The number of hydrogen-bond acceptors (Lipinski definition) is 2. The second-order valence-corrected chi connectivity index (χ2v) is 3.59. The summed E-state index contributed by atoms with van der Waals surface area (Å²) in [6, 6.07) is 4.17. The lowest BCUT2D eigenvalue weighted by molar-refractivity contribution is 0.0953. The molecule has 0 radical (unpaired) electrons. The van der Waals surface area contributed by atoms with Gasteiger partial charge >= 0.3 is 0 Å². The van der Waals surface area contributed by atoms with Gasteiger partial charge in [0.15, 0.2) is 0 Å². The Balaban J connectivity index is 2.56. The number of halogens is 2. The maximum absolute atomic E-state index is 13.1. The van der Waals surface area contributed by atoms with Crippen LogP contribution in [-0.2, 0) is 0 Å². The van der Waals surface area contributed by atoms with Crippen LogP contribution in [0.5, 0.6) is 0 Å². The molecule has 88 valence electrons. The maximum atomic E-state index is 13.1. The molecule has 5 heteroatoms. The van der Waals surface area contributed by atoms with E-state index in [1.807, 2.05) is 6.92 Å². The first kappa shape index (κ1) is 12.9. The summed E-state index contributed by atoms with van der Waals surface area (Å²) in [5, 5.41) is 5.57. The van der Waals surface area contributed by atoms with Crippen LogP contribution in [0.3, 0.4) is 0 Å². The Morgan fingerprint density at radius 2 is 2.19 bits per heavy atom. The first-order chi connectivity index (χ1) is 7.66.